The number of nitro groups is 1. The Bertz CT molecular complexity index is 479. The summed E-state index contributed by atoms with van der Waals surface area (Å²) in [7, 11) is 0. The van der Waals surface area contributed by atoms with Gasteiger partial charge in [0, 0.05) is 49.7 Å². The molecule has 110 valence electrons. The number of nitro benzene ring substituents is 1. The van der Waals surface area contributed by atoms with Crippen LogP contribution in [0, 0.1) is 10.1 Å². The van der Waals surface area contributed by atoms with Gasteiger partial charge in [0.15, 0.2) is 0 Å². The number of nitrogens with one attached hydrogen (secondary N) is 1. The predicted molar refractivity (Wildman–Crippen MR) is 79.5 cm³/mol. The normalized spacial score (nSPS) is 19.5. The van der Waals surface area contributed by atoms with Crippen LogP contribution in [0.2, 0.25) is 0 Å². The smallest absolute Gasteiger partial charge is 0.273 e. The van der Waals surface area contributed by atoms with Crippen molar-refractivity contribution in [2.24, 2.45) is 0 Å². The molecule has 0 amide bonds. The molecule has 1 heterocycles. The van der Waals surface area contributed by atoms with Crippen molar-refractivity contribution in [1.82, 2.24) is 0 Å². The summed E-state index contributed by atoms with van der Waals surface area (Å²) >= 11 is 0. The van der Waals surface area contributed by atoms with Crippen molar-refractivity contribution in [3.05, 3.63) is 28.3 Å². The number of hydrogen-bond acceptors (Lipinski definition) is 5. The zero-order valence-corrected chi connectivity index (χ0v) is 12.0. The maximum atomic E-state index is 11.1. The van der Waals surface area contributed by atoms with E-state index in [1.807, 2.05) is 19.9 Å². The fourth-order valence-electron chi connectivity index (χ4n) is 2.42. The minimum Gasteiger partial charge on any atom is -0.385 e. The van der Waals surface area contributed by atoms with Crippen LogP contribution in [0.25, 0.3) is 0 Å². The van der Waals surface area contributed by atoms with Crippen LogP contribution in [-0.4, -0.2) is 37.3 Å². The topological polar surface area (TPSA) is 67.6 Å². The molecule has 1 N–H and O–H groups in total. The Morgan fingerprint density at radius 2 is 2.30 bits per heavy atom. The summed E-state index contributed by atoms with van der Waals surface area (Å²) in [4.78, 5) is 12.9. The molecule has 6 nitrogen and oxygen atoms in total. The number of rotatable bonds is 4. The van der Waals surface area contributed by atoms with E-state index in [2.05, 4.69) is 10.2 Å². The van der Waals surface area contributed by atoms with Crippen LogP contribution in [-0.2, 0) is 4.74 Å². The van der Waals surface area contributed by atoms with Crippen molar-refractivity contribution in [3.8, 4) is 0 Å². The Labute approximate surface area is 118 Å². The summed E-state index contributed by atoms with van der Waals surface area (Å²) in [6.07, 6.45) is 1.07. The lowest BCUT2D eigenvalue weighted by atomic mass is 10.2. The molecule has 0 saturated carbocycles. The van der Waals surface area contributed by atoms with Crippen molar-refractivity contribution in [1.29, 1.82) is 0 Å². The number of ether oxygens (including phenoxy) is 1. The van der Waals surface area contributed by atoms with Gasteiger partial charge in [0.2, 0.25) is 0 Å². The van der Waals surface area contributed by atoms with E-state index < -0.39 is 0 Å². The minimum atomic E-state index is -0.345. The lowest BCUT2D eigenvalue weighted by Gasteiger charge is -2.24. The van der Waals surface area contributed by atoms with Gasteiger partial charge in [-0.3, -0.25) is 10.1 Å². The van der Waals surface area contributed by atoms with Crippen LogP contribution in [0.1, 0.15) is 20.3 Å². The average molecular weight is 279 g/mol. The molecule has 1 aliphatic heterocycles. The predicted octanol–water partition coefficient (Wildman–Crippen LogP) is 2.64. The standard InChI is InChI=1S/C14H21N3O3/c1-3-15-12-7-13(9-14(8-12)17(18)19)16-5-4-6-20-11(2)10-16/h7-9,11,15H,3-6,10H2,1-2H3. The molecule has 0 bridgehead atoms. The maximum absolute atomic E-state index is 11.1. The SMILES string of the molecule is CCNc1cc(N2CCCOC(C)C2)cc([N+](=O)[O-])c1. The lowest BCUT2D eigenvalue weighted by Crippen LogP contribution is -2.30. The van der Waals surface area contributed by atoms with Crippen LogP contribution in [0.3, 0.4) is 0 Å². The molecule has 6 heteroatoms. The van der Waals surface area contributed by atoms with Gasteiger partial charge in [-0.1, -0.05) is 0 Å². The highest BCUT2D eigenvalue weighted by Gasteiger charge is 2.18. The van der Waals surface area contributed by atoms with Crippen molar-refractivity contribution >= 4 is 17.1 Å². The van der Waals surface area contributed by atoms with Crippen LogP contribution in [0.5, 0.6) is 0 Å². The highest BCUT2D eigenvalue weighted by atomic mass is 16.6. The van der Waals surface area contributed by atoms with Gasteiger partial charge < -0.3 is 15.0 Å². The largest absolute Gasteiger partial charge is 0.385 e. The van der Waals surface area contributed by atoms with Gasteiger partial charge >= 0.3 is 0 Å². The first-order valence-corrected chi connectivity index (χ1v) is 7.00. The van der Waals surface area contributed by atoms with Crippen molar-refractivity contribution in [2.75, 3.05) is 36.5 Å². The van der Waals surface area contributed by atoms with Crippen LogP contribution < -0.4 is 10.2 Å². The van der Waals surface area contributed by atoms with Crippen molar-refractivity contribution in [2.45, 2.75) is 26.4 Å². The molecule has 1 saturated heterocycles. The van der Waals surface area contributed by atoms with E-state index in [0.717, 1.165) is 44.0 Å². The second-order valence-electron chi connectivity index (χ2n) is 5.01. The van der Waals surface area contributed by atoms with E-state index >= 15 is 0 Å². The molecule has 1 aromatic rings. The molecular weight excluding hydrogens is 258 g/mol. The van der Waals surface area contributed by atoms with E-state index in [-0.39, 0.29) is 16.7 Å². The van der Waals surface area contributed by atoms with Gasteiger partial charge in [-0.25, -0.2) is 0 Å². The molecule has 1 fully saturated rings. The quantitative estimate of drug-likeness (QED) is 0.678. The summed E-state index contributed by atoms with van der Waals surface area (Å²) in [6.45, 7) is 7.10. The van der Waals surface area contributed by atoms with E-state index in [0.29, 0.717) is 0 Å². The third-order valence-corrected chi connectivity index (χ3v) is 3.31. The molecule has 1 unspecified atom stereocenters. The summed E-state index contributed by atoms with van der Waals surface area (Å²) in [6, 6.07) is 5.18. The summed E-state index contributed by atoms with van der Waals surface area (Å²) in [5, 5.41) is 14.2. The number of hydrogen-bond donors (Lipinski definition) is 1. The molecule has 0 aliphatic carbocycles. The second-order valence-corrected chi connectivity index (χ2v) is 5.01. The summed E-state index contributed by atoms with van der Waals surface area (Å²) < 4.78 is 5.62. The monoisotopic (exact) mass is 279 g/mol. The van der Waals surface area contributed by atoms with Gasteiger partial charge in [-0.15, -0.1) is 0 Å². The highest BCUT2D eigenvalue weighted by Crippen LogP contribution is 2.28. The van der Waals surface area contributed by atoms with E-state index in [4.69, 9.17) is 4.74 Å². The second kappa shape index (κ2) is 6.56. The summed E-state index contributed by atoms with van der Waals surface area (Å²) in [5.41, 5.74) is 1.79. The first-order valence-electron chi connectivity index (χ1n) is 7.00. The van der Waals surface area contributed by atoms with Gasteiger partial charge in [0.25, 0.3) is 5.69 Å². The lowest BCUT2D eigenvalue weighted by molar-refractivity contribution is -0.384. The maximum Gasteiger partial charge on any atom is 0.273 e. The van der Waals surface area contributed by atoms with Gasteiger partial charge in [0.1, 0.15) is 0 Å². The molecule has 0 spiro atoms. The minimum absolute atomic E-state index is 0.122. The Morgan fingerprint density at radius 1 is 1.50 bits per heavy atom. The van der Waals surface area contributed by atoms with Crippen molar-refractivity contribution < 1.29 is 9.66 Å². The van der Waals surface area contributed by atoms with Crippen LogP contribution >= 0.6 is 0 Å². The zero-order chi connectivity index (χ0) is 14.5. The highest BCUT2D eigenvalue weighted by molar-refractivity contribution is 5.64. The third kappa shape index (κ3) is 3.60. The van der Waals surface area contributed by atoms with E-state index in [9.17, 15) is 10.1 Å². The first-order chi connectivity index (χ1) is 9.60. The van der Waals surface area contributed by atoms with Gasteiger partial charge in [-0.2, -0.15) is 0 Å². The van der Waals surface area contributed by atoms with E-state index in [1.54, 1.807) is 12.1 Å². The van der Waals surface area contributed by atoms with Crippen LogP contribution in [0.4, 0.5) is 17.1 Å². The van der Waals surface area contributed by atoms with Crippen LogP contribution in [0.15, 0.2) is 18.2 Å². The number of non-ortho nitro benzene ring substituents is 1. The Balaban J connectivity index is 2.30. The Kier molecular flexibility index (Phi) is 4.79. The molecule has 1 aromatic carbocycles. The van der Waals surface area contributed by atoms with Crippen molar-refractivity contribution in [3.63, 3.8) is 0 Å². The fraction of sp³-hybridized carbons (Fsp3) is 0.571. The first kappa shape index (κ1) is 14.6. The van der Waals surface area contributed by atoms with Gasteiger partial charge in [-0.05, 0) is 26.3 Å². The number of anilines is 2. The Morgan fingerprint density at radius 3 is 3.00 bits per heavy atom. The average Bonchev–Trinajstić information content (AvgIpc) is 2.63. The fourth-order valence-corrected chi connectivity index (χ4v) is 2.42. The molecule has 20 heavy (non-hydrogen) atoms. The number of benzene rings is 1. The van der Waals surface area contributed by atoms with E-state index in [1.165, 1.54) is 0 Å². The zero-order valence-electron chi connectivity index (χ0n) is 12.0. The number of nitrogens with zero attached hydrogens (tertiary/aromatic N) is 2. The molecule has 0 aromatic heterocycles. The molecule has 1 atom stereocenters. The Hall–Kier alpha value is -1.82. The van der Waals surface area contributed by atoms with Gasteiger partial charge in [0.05, 0.1) is 11.0 Å². The molecule has 1 aliphatic rings. The third-order valence-electron chi connectivity index (χ3n) is 3.31. The molecule has 2 rings (SSSR count). The molecular formula is C14H21N3O3. The molecule has 0 radical (unpaired) electrons. The summed E-state index contributed by atoms with van der Waals surface area (Å²) in [5.74, 6) is 0.